The summed E-state index contributed by atoms with van der Waals surface area (Å²) in [5.41, 5.74) is 2.37. The number of carboxylic acid groups (broad SMARTS) is 1. The van der Waals surface area contributed by atoms with E-state index in [1.807, 2.05) is 0 Å². The van der Waals surface area contributed by atoms with E-state index in [9.17, 15) is 26.0 Å². The normalized spacial score (nSPS) is 16.6. The molecule has 0 unspecified atom stereocenters. The molecule has 0 radical (unpaired) electrons. The number of carboxylic acids is 1. The van der Waals surface area contributed by atoms with Crippen LogP contribution in [0.2, 0.25) is 0 Å². The summed E-state index contributed by atoms with van der Waals surface area (Å²) in [5, 5.41) is 16.8. The lowest BCUT2D eigenvalue weighted by molar-refractivity contribution is -0.192. The van der Waals surface area contributed by atoms with Crippen LogP contribution in [0.1, 0.15) is 31.2 Å². The second-order valence-electron chi connectivity index (χ2n) is 10.5. The van der Waals surface area contributed by atoms with Crippen LogP contribution in [0.3, 0.4) is 0 Å². The van der Waals surface area contributed by atoms with Gasteiger partial charge in [-0.25, -0.2) is 32.6 Å². The van der Waals surface area contributed by atoms with Crippen molar-refractivity contribution in [2.75, 3.05) is 17.7 Å². The highest BCUT2D eigenvalue weighted by Gasteiger charge is 2.38. The van der Waals surface area contributed by atoms with E-state index < -0.39 is 22.2 Å². The summed E-state index contributed by atoms with van der Waals surface area (Å²) < 4.78 is 73.1. The standard InChI is InChI=1S/C28H31FN8O2S.C2HF3O2/c1-37(25-10-6-22(7-11-25)33-18-20-16-30-19-31-17-20)40(38,39)26-12-8-24(9-13-26)35-28-32-15-14-27(36-28)34-23-4-2-21(29)3-5-23;3-2(4,5)1(6)7/h2-5,8-9,12-17,19,22,25,33H,6-7,10-11,18H2,1H3,(H2,32,34,35,36);(H,6,7). The van der Waals surface area contributed by atoms with Gasteiger partial charge in [0.25, 0.3) is 0 Å². The second kappa shape index (κ2) is 15.7. The van der Waals surface area contributed by atoms with Gasteiger partial charge in [-0.3, -0.25) is 0 Å². The molecule has 17 heteroatoms. The van der Waals surface area contributed by atoms with Crippen molar-refractivity contribution in [3.05, 3.63) is 90.9 Å². The number of sulfonamides is 1. The van der Waals surface area contributed by atoms with E-state index in [1.54, 1.807) is 68.1 Å². The first-order valence-corrected chi connectivity index (χ1v) is 15.7. The smallest absolute Gasteiger partial charge is 0.475 e. The molecule has 2 aromatic carbocycles. The molecule has 2 heterocycles. The summed E-state index contributed by atoms with van der Waals surface area (Å²) in [4.78, 5) is 25.9. The minimum atomic E-state index is -5.08. The molecular formula is C30H32F4N8O4S. The maximum atomic E-state index is 13.4. The average Bonchev–Trinajstić information content (AvgIpc) is 3.05. The van der Waals surface area contributed by atoms with Gasteiger partial charge in [0.05, 0.1) is 4.90 Å². The lowest BCUT2D eigenvalue weighted by atomic mass is 9.91. The molecule has 1 saturated carbocycles. The van der Waals surface area contributed by atoms with Gasteiger partial charge in [-0.1, -0.05) is 0 Å². The molecule has 0 aliphatic heterocycles. The molecule has 0 saturated heterocycles. The van der Waals surface area contributed by atoms with Crippen molar-refractivity contribution in [3.8, 4) is 0 Å². The number of nitrogens with one attached hydrogen (secondary N) is 3. The van der Waals surface area contributed by atoms with E-state index in [1.165, 1.54) is 22.8 Å². The van der Waals surface area contributed by atoms with Gasteiger partial charge in [0, 0.05) is 61.2 Å². The summed E-state index contributed by atoms with van der Waals surface area (Å²) in [6.45, 7) is 0.699. The van der Waals surface area contributed by atoms with Gasteiger partial charge in [0.1, 0.15) is 18.0 Å². The number of hydrogen-bond acceptors (Lipinski definition) is 10. The Morgan fingerprint density at radius 2 is 1.51 bits per heavy atom. The minimum Gasteiger partial charge on any atom is -0.475 e. The lowest BCUT2D eigenvalue weighted by Crippen LogP contribution is -2.43. The summed E-state index contributed by atoms with van der Waals surface area (Å²) >= 11 is 0. The van der Waals surface area contributed by atoms with Crippen LogP contribution in [0.5, 0.6) is 0 Å². The monoisotopic (exact) mass is 676 g/mol. The number of alkyl halides is 3. The topological polar surface area (TPSA) is 162 Å². The molecular weight excluding hydrogens is 644 g/mol. The third kappa shape index (κ3) is 10.4. The van der Waals surface area contributed by atoms with E-state index in [0.29, 0.717) is 35.7 Å². The highest BCUT2D eigenvalue weighted by atomic mass is 32.2. The zero-order valence-electron chi connectivity index (χ0n) is 25.0. The summed E-state index contributed by atoms with van der Waals surface area (Å²) in [5.74, 6) is -2.20. The van der Waals surface area contributed by atoms with Crippen LogP contribution in [0, 0.1) is 5.82 Å². The van der Waals surface area contributed by atoms with Gasteiger partial charge in [0.15, 0.2) is 0 Å². The molecule has 4 N–H and O–H groups in total. The largest absolute Gasteiger partial charge is 0.490 e. The minimum absolute atomic E-state index is 0.0503. The molecule has 0 spiro atoms. The van der Waals surface area contributed by atoms with Crippen LogP contribution in [-0.4, -0.2) is 69.0 Å². The van der Waals surface area contributed by atoms with Gasteiger partial charge in [-0.05, 0) is 80.3 Å². The molecule has 4 aromatic rings. The van der Waals surface area contributed by atoms with E-state index in [2.05, 4.69) is 35.9 Å². The van der Waals surface area contributed by atoms with Crippen molar-refractivity contribution in [2.45, 2.75) is 55.4 Å². The fourth-order valence-corrected chi connectivity index (χ4v) is 6.11. The summed E-state index contributed by atoms with van der Waals surface area (Å²) in [6.07, 6.45) is 4.99. The molecule has 0 atom stereocenters. The molecule has 5 rings (SSSR count). The molecule has 2 aromatic heterocycles. The van der Waals surface area contributed by atoms with Crippen molar-refractivity contribution in [3.63, 3.8) is 0 Å². The quantitative estimate of drug-likeness (QED) is 0.162. The highest BCUT2D eigenvalue weighted by Crippen LogP contribution is 2.28. The first-order valence-electron chi connectivity index (χ1n) is 14.3. The van der Waals surface area contributed by atoms with Crippen molar-refractivity contribution >= 4 is 39.1 Å². The molecule has 1 fully saturated rings. The van der Waals surface area contributed by atoms with Crippen LogP contribution < -0.4 is 16.0 Å². The molecule has 47 heavy (non-hydrogen) atoms. The van der Waals surface area contributed by atoms with Gasteiger partial charge >= 0.3 is 12.1 Å². The Morgan fingerprint density at radius 1 is 0.936 bits per heavy atom. The first kappa shape index (κ1) is 35.1. The van der Waals surface area contributed by atoms with Gasteiger partial charge < -0.3 is 21.1 Å². The Balaban J connectivity index is 0.000000644. The van der Waals surface area contributed by atoms with Crippen LogP contribution in [0.4, 0.5) is 40.7 Å². The van der Waals surface area contributed by atoms with Crippen molar-refractivity contribution in [1.82, 2.24) is 29.6 Å². The molecule has 0 amide bonds. The third-order valence-corrected chi connectivity index (χ3v) is 9.15. The number of hydrogen-bond donors (Lipinski definition) is 4. The predicted octanol–water partition coefficient (Wildman–Crippen LogP) is 5.25. The highest BCUT2D eigenvalue weighted by molar-refractivity contribution is 7.89. The number of rotatable bonds is 10. The van der Waals surface area contributed by atoms with Gasteiger partial charge in [0.2, 0.25) is 16.0 Å². The number of aliphatic carboxylic acids is 1. The average molecular weight is 677 g/mol. The Bertz CT molecular complexity index is 1710. The van der Waals surface area contributed by atoms with Crippen LogP contribution >= 0.6 is 0 Å². The van der Waals surface area contributed by atoms with E-state index in [-0.39, 0.29) is 16.8 Å². The van der Waals surface area contributed by atoms with Gasteiger partial charge in [-0.15, -0.1) is 0 Å². The third-order valence-electron chi connectivity index (χ3n) is 7.22. The van der Waals surface area contributed by atoms with Crippen molar-refractivity contribution in [1.29, 1.82) is 0 Å². The number of anilines is 4. The summed E-state index contributed by atoms with van der Waals surface area (Å²) in [7, 11) is -1.98. The molecule has 12 nitrogen and oxygen atoms in total. The van der Waals surface area contributed by atoms with E-state index >= 15 is 0 Å². The number of aromatic nitrogens is 4. The Morgan fingerprint density at radius 3 is 2.11 bits per heavy atom. The zero-order chi connectivity index (χ0) is 34.0. The lowest BCUT2D eigenvalue weighted by Gasteiger charge is -2.34. The number of benzene rings is 2. The van der Waals surface area contributed by atoms with E-state index in [0.717, 1.165) is 31.2 Å². The maximum Gasteiger partial charge on any atom is 0.490 e. The van der Waals surface area contributed by atoms with Gasteiger partial charge in [-0.2, -0.15) is 22.5 Å². The summed E-state index contributed by atoms with van der Waals surface area (Å²) in [6, 6.07) is 14.5. The second-order valence-corrected chi connectivity index (χ2v) is 12.5. The fraction of sp³-hybridized carbons (Fsp3) is 0.300. The Hall–Kier alpha value is -4.74. The first-order chi connectivity index (χ1) is 22.3. The molecule has 0 bridgehead atoms. The number of halogens is 4. The molecule has 1 aliphatic carbocycles. The maximum absolute atomic E-state index is 13.4. The van der Waals surface area contributed by atoms with Crippen molar-refractivity contribution < 1.29 is 35.9 Å². The van der Waals surface area contributed by atoms with Crippen LogP contribution in [0.15, 0.2) is 84.4 Å². The van der Waals surface area contributed by atoms with Crippen molar-refractivity contribution in [2.24, 2.45) is 0 Å². The van der Waals surface area contributed by atoms with E-state index in [4.69, 9.17) is 9.90 Å². The molecule has 250 valence electrons. The predicted molar refractivity (Wildman–Crippen MR) is 165 cm³/mol. The molecule has 1 aliphatic rings. The Kier molecular flexibility index (Phi) is 11.7. The fourth-order valence-electron chi connectivity index (χ4n) is 4.70. The Labute approximate surface area is 268 Å². The number of carbonyl (C=O) groups is 1. The number of nitrogens with zero attached hydrogens (tertiary/aromatic N) is 5. The van der Waals surface area contributed by atoms with Crippen LogP contribution in [-0.2, 0) is 21.4 Å². The zero-order valence-corrected chi connectivity index (χ0v) is 25.8. The van der Waals surface area contributed by atoms with Crippen LogP contribution in [0.25, 0.3) is 0 Å². The SMILES string of the molecule is CN(C1CCC(NCc2cncnc2)CC1)S(=O)(=O)c1ccc(Nc2nccc(Nc3ccc(F)cc3)n2)cc1.O=C(O)C(F)(F)F.